The van der Waals surface area contributed by atoms with Gasteiger partial charge in [-0.3, -0.25) is 4.79 Å². The SMILES string of the molecule is CCOc1ccccc1Oc1ccc(CCC(=O)O)o1. The van der Waals surface area contributed by atoms with Crippen LogP contribution in [0.5, 0.6) is 17.4 Å². The Morgan fingerprint density at radius 2 is 1.95 bits per heavy atom. The van der Waals surface area contributed by atoms with Crippen LogP contribution in [0.4, 0.5) is 0 Å². The summed E-state index contributed by atoms with van der Waals surface area (Å²) < 4.78 is 16.5. The Morgan fingerprint density at radius 3 is 2.65 bits per heavy atom. The molecule has 0 bridgehead atoms. The molecular formula is C15H16O5. The van der Waals surface area contributed by atoms with E-state index in [2.05, 4.69) is 0 Å². The minimum Gasteiger partial charge on any atom is -0.490 e. The Hall–Kier alpha value is -2.43. The number of ether oxygens (including phenoxy) is 2. The first-order valence-electron chi connectivity index (χ1n) is 6.39. The molecule has 0 unspecified atom stereocenters. The summed E-state index contributed by atoms with van der Waals surface area (Å²) in [5.74, 6) is 1.24. The number of carbonyl (C=O) groups is 1. The molecule has 1 aromatic heterocycles. The molecule has 0 aliphatic carbocycles. The van der Waals surface area contributed by atoms with Crippen LogP contribution >= 0.6 is 0 Å². The number of carboxylic acid groups (broad SMARTS) is 1. The Balaban J connectivity index is 2.05. The van der Waals surface area contributed by atoms with E-state index in [-0.39, 0.29) is 6.42 Å². The quantitative estimate of drug-likeness (QED) is 0.838. The highest BCUT2D eigenvalue weighted by atomic mass is 16.6. The second kappa shape index (κ2) is 6.65. The summed E-state index contributed by atoms with van der Waals surface area (Å²) >= 11 is 0. The lowest BCUT2D eigenvalue weighted by molar-refractivity contribution is -0.137. The molecule has 5 heteroatoms. The van der Waals surface area contributed by atoms with E-state index in [1.54, 1.807) is 18.2 Å². The number of hydrogen-bond donors (Lipinski definition) is 1. The average Bonchev–Trinajstić information content (AvgIpc) is 2.87. The lowest BCUT2D eigenvalue weighted by atomic mass is 10.2. The number of aliphatic carboxylic acids is 1. The smallest absolute Gasteiger partial charge is 0.303 e. The summed E-state index contributed by atoms with van der Waals surface area (Å²) in [5.41, 5.74) is 0. The topological polar surface area (TPSA) is 68.9 Å². The standard InChI is InChI=1S/C15H16O5/c1-2-18-12-5-3-4-6-13(12)20-15-10-8-11(19-15)7-9-14(16)17/h3-6,8,10H,2,7,9H2,1H3,(H,16,17). The van der Waals surface area contributed by atoms with Crippen molar-refractivity contribution in [3.05, 3.63) is 42.2 Å². The maximum atomic E-state index is 10.5. The molecule has 0 spiro atoms. The number of hydrogen-bond acceptors (Lipinski definition) is 4. The molecule has 0 atom stereocenters. The first-order valence-corrected chi connectivity index (χ1v) is 6.39. The van der Waals surface area contributed by atoms with Gasteiger partial charge in [0.15, 0.2) is 11.5 Å². The summed E-state index contributed by atoms with van der Waals surface area (Å²) in [4.78, 5) is 10.5. The molecule has 0 fully saturated rings. The van der Waals surface area contributed by atoms with Crippen LogP contribution in [-0.4, -0.2) is 17.7 Å². The fourth-order valence-corrected chi connectivity index (χ4v) is 1.70. The van der Waals surface area contributed by atoms with E-state index in [0.29, 0.717) is 36.2 Å². The van der Waals surface area contributed by atoms with Crippen LogP contribution in [0.1, 0.15) is 19.1 Å². The van der Waals surface area contributed by atoms with Crippen LogP contribution in [-0.2, 0) is 11.2 Å². The molecule has 1 N–H and O–H groups in total. The molecular weight excluding hydrogens is 260 g/mol. The van der Waals surface area contributed by atoms with Crippen molar-refractivity contribution in [3.8, 4) is 17.4 Å². The van der Waals surface area contributed by atoms with E-state index < -0.39 is 5.97 Å². The zero-order valence-corrected chi connectivity index (χ0v) is 11.2. The third-order valence-electron chi connectivity index (χ3n) is 2.58. The molecule has 0 saturated carbocycles. The van der Waals surface area contributed by atoms with Gasteiger partial charge in [0.25, 0.3) is 5.95 Å². The highest BCUT2D eigenvalue weighted by molar-refractivity contribution is 5.66. The predicted octanol–water partition coefficient (Wildman–Crippen LogP) is 3.49. The lowest BCUT2D eigenvalue weighted by Gasteiger charge is -2.08. The highest BCUT2D eigenvalue weighted by Crippen LogP contribution is 2.32. The van der Waals surface area contributed by atoms with Gasteiger partial charge in [0.05, 0.1) is 13.0 Å². The molecule has 1 aromatic carbocycles. The summed E-state index contributed by atoms with van der Waals surface area (Å²) in [6.45, 7) is 2.44. The first-order chi connectivity index (χ1) is 9.69. The maximum absolute atomic E-state index is 10.5. The van der Waals surface area contributed by atoms with Gasteiger partial charge >= 0.3 is 5.97 Å². The minimum absolute atomic E-state index is 0.0302. The van der Waals surface area contributed by atoms with Crippen LogP contribution < -0.4 is 9.47 Å². The Bertz CT molecular complexity index is 573. The molecule has 0 aliphatic rings. The lowest BCUT2D eigenvalue weighted by Crippen LogP contribution is -1.96. The molecule has 0 saturated heterocycles. The van der Waals surface area contributed by atoms with E-state index in [0.717, 1.165) is 0 Å². The molecule has 20 heavy (non-hydrogen) atoms. The van der Waals surface area contributed by atoms with Gasteiger partial charge in [-0.05, 0) is 25.1 Å². The monoisotopic (exact) mass is 276 g/mol. The van der Waals surface area contributed by atoms with Crippen molar-refractivity contribution in [2.45, 2.75) is 19.8 Å². The Labute approximate surface area is 116 Å². The van der Waals surface area contributed by atoms with Crippen molar-refractivity contribution in [2.24, 2.45) is 0 Å². The van der Waals surface area contributed by atoms with E-state index in [4.69, 9.17) is 19.0 Å². The number of carboxylic acids is 1. The zero-order valence-electron chi connectivity index (χ0n) is 11.2. The number of rotatable bonds is 7. The largest absolute Gasteiger partial charge is 0.490 e. The van der Waals surface area contributed by atoms with Gasteiger partial charge in [-0.15, -0.1) is 0 Å². The summed E-state index contributed by atoms with van der Waals surface area (Å²) in [6, 6.07) is 10.7. The van der Waals surface area contributed by atoms with E-state index in [1.807, 2.05) is 25.1 Å². The fourth-order valence-electron chi connectivity index (χ4n) is 1.70. The number of furan rings is 1. The van der Waals surface area contributed by atoms with Crippen LogP contribution in [0.3, 0.4) is 0 Å². The van der Waals surface area contributed by atoms with Crippen molar-refractivity contribution in [1.82, 2.24) is 0 Å². The number of para-hydroxylation sites is 2. The van der Waals surface area contributed by atoms with E-state index in [1.165, 1.54) is 0 Å². The third-order valence-corrected chi connectivity index (χ3v) is 2.58. The average molecular weight is 276 g/mol. The van der Waals surface area contributed by atoms with Crippen molar-refractivity contribution in [2.75, 3.05) is 6.61 Å². The van der Waals surface area contributed by atoms with Gasteiger partial charge in [-0.2, -0.15) is 0 Å². The van der Waals surface area contributed by atoms with Gasteiger partial charge in [-0.1, -0.05) is 12.1 Å². The van der Waals surface area contributed by atoms with Crippen molar-refractivity contribution < 1.29 is 23.8 Å². The van der Waals surface area contributed by atoms with Crippen molar-refractivity contribution in [3.63, 3.8) is 0 Å². The number of aryl methyl sites for hydroxylation is 1. The Kier molecular flexibility index (Phi) is 4.65. The molecule has 0 aliphatic heterocycles. The van der Waals surface area contributed by atoms with Gasteiger partial charge in [0.2, 0.25) is 0 Å². The zero-order chi connectivity index (χ0) is 14.4. The van der Waals surface area contributed by atoms with Crippen molar-refractivity contribution >= 4 is 5.97 Å². The van der Waals surface area contributed by atoms with E-state index >= 15 is 0 Å². The second-order valence-electron chi connectivity index (χ2n) is 4.10. The van der Waals surface area contributed by atoms with E-state index in [9.17, 15) is 4.79 Å². The van der Waals surface area contributed by atoms with Gasteiger partial charge in [0.1, 0.15) is 5.76 Å². The molecule has 0 amide bonds. The Morgan fingerprint density at radius 1 is 1.20 bits per heavy atom. The van der Waals surface area contributed by atoms with Gasteiger partial charge in [0, 0.05) is 12.5 Å². The molecule has 0 radical (unpaired) electrons. The van der Waals surface area contributed by atoms with Crippen LogP contribution in [0.25, 0.3) is 0 Å². The summed E-state index contributed by atoms with van der Waals surface area (Å²) in [6.07, 6.45) is 0.369. The van der Waals surface area contributed by atoms with Crippen LogP contribution in [0.15, 0.2) is 40.8 Å². The molecule has 2 rings (SSSR count). The second-order valence-corrected chi connectivity index (χ2v) is 4.10. The molecule has 106 valence electrons. The minimum atomic E-state index is -0.856. The maximum Gasteiger partial charge on any atom is 0.303 e. The fraction of sp³-hybridized carbons (Fsp3) is 0.267. The summed E-state index contributed by atoms with van der Waals surface area (Å²) in [5, 5.41) is 8.62. The highest BCUT2D eigenvalue weighted by Gasteiger charge is 2.09. The number of benzene rings is 1. The molecule has 5 nitrogen and oxygen atoms in total. The first kappa shape index (κ1) is 14.0. The normalized spacial score (nSPS) is 10.2. The molecule has 2 aromatic rings. The van der Waals surface area contributed by atoms with Gasteiger partial charge in [-0.25, -0.2) is 0 Å². The predicted molar refractivity (Wildman–Crippen MR) is 72.3 cm³/mol. The van der Waals surface area contributed by atoms with Gasteiger partial charge < -0.3 is 19.0 Å². The molecule has 1 heterocycles. The van der Waals surface area contributed by atoms with Crippen LogP contribution in [0.2, 0.25) is 0 Å². The van der Waals surface area contributed by atoms with Crippen LogP contribution in [0, 0.1) is 0 Å². The van der Waals surface area contributed by atoms with Crippen molar-refractivity contribution in [1.29, 1.82) is 0 Å². The third kappa shape index (κ3) is 3.78. The summed E-state index contributed by atoms with van der Waals surface area (Å²) in [7, 11) is 0.